The molecule has 2 fully saturated rings. The molecule has 2 aliphatic rings. The van der Waals surface area contributed by atoms with Crippen LogP contribution in [0.3, 0.4) is 0 Å². The van der Waals surface area contributed by atoms with Crippen molar-refractivity contribution in [1.29, 1.82) is 0 Å². The van der Waals surface area contributed by atoms with Gasteiger partial charge in [-0.2, -0.15) is 0 Å². The molecule has 0 atom stereocenters. The minimum atomic E-state index is 0.796. The molecule has 0 aliphatic heterocycles. The lowest BCUT2D eigenvalue weighted by Gasteiger charge is -2.20. The molecule has 0 spiro atoms. The SMILES string of the molecule is Clc1ccc(C2CCCC2)c(C2CCCC2)c1. The number of halogens is 1. The molecular weight excluding hydrogens is 228 g/mol. The summed E-state index contributed by atoms with van der Waals surface area (Å²) in [6, 6.07) is 6.66. The fraction of sp³-hybridized carbons (Fsp3) is 0.625. The maximum absolute atomic E-state index is 6.20. The van der Waals surface area contributed by atoms with E-state index in [4.69, 9.17) is 11.6 Å². The number of benzene rings is 1. The summed E-state index contributed by atoms with van der Waals surface area (Å²) in [6.45, 7) is 0. The highest BCUT2D eigenvalue weighted by molar-refractivity contribution is 6.30. The molecule has 2 aliphatic carbocycles. The van der Waals surface area contributed by atoms with Gasteiger partial charge in [0, 0.05) is 5.02 Å². The first kappa shape index (κ1) is 11.6. The van der Waals surface area contributed by atoms with Crippen LogP contribution in [-0.2, 0) is 0 Å². The van der Waals surface area contributed by atoms with Gasteiger partial charge in [0.2, 0.25) is 0 Å². The zero-order valence-corrected chi connectivity index (χ0v) is 11.2. The minimum absolute atomic E-state index is 0.796. The van der Waals surface area contributed by atoms with Crippen LogP contribution in [0.4, 0.5) is 0 Å². The van der Waals surface area contributed by atoms with Gasteiger partial charge < -0.3 is 0 Å². The average Bonchev–Trinajstić information content (AvgIpc) is 3.02. The van der Waals surface area contributed by atoms with Crippen molar-refractivity contribution in [3.8, 4) is 0 Å². The predicted molar refractivity (Wildman–Crippen MR) is 73.9 cm³/mol. The fourth-order valence-electron chi connectivity index (χ4n) is 3.74. The van der Waals surface area contributed by atoms with E-state index in [9.17, 15) is 0 Å². The van der Waals surface area contributed by atoms with Gasteiger partial charge in [-0.15, -0.1) is 0 Å². The zero-order valence-electron chi connectivity index (χ0n) is 10.4. The van der Waals surface area contributed by atoms with Crippen LogP contribution in [0.15, 0.2) is 18.2 Å². The van der Waals surface area contributed by atoms with E-state index in [0.717, 1.165) is 16.9 Å². The van der Waals surface area contributed by atoms with Crippen molar-refractivity contribution in [3.05, 3.63) is 34.3 Å². The van der Waals surface area contributed by atoms with Crippen molar-refractivity contribution in [2.24, 2.45) is 0 Å². The lowest BCUT2D eigenvalue weighted by molar-refractivity contribution is 0.665. The quantitative estimate of drug-likeness (QED) is 0.634. The third-order valence-corrected chi connectivity index (χ3v) is 4.87. The molecule has 1 aromatic rings. The summed E-state index contributed by atoms with van der Waals surface area (Å²) in [6.07, 6.45) is 11.2. The Bertz CT molecular complexity index is 385. The van der Waals surface area contributed by atoms with Gasteiger partial charge in [0.05, 0.1) is 0 Å². The van der Waals surface area contributed by atoms with Crippen molar-refractivity contribution >= 4 is 11.6 Å². The van der Waals surface area contributed by atoms with Crippen LogP contribution >= 0.6 is 11.6 Å². The van der Waals surface area contributed by atoms with E-state index in [-0.39, 0.29) is 0 Å². The van der Waals surface area contributed by atoms with Gasteiger partial charge in [0.15, 0.2) is 0 Å². The van der Waals surface area contributed by atoms with Crippen molar-refractivity contribution in [1.82, 2.24) is 0 Å². The molecule has 0 unspecified atom stereocenters. The van der Waals surface area contributed by atoms with E-state index in [1.165, 1.54) is 51.4 Å². The lowest BCUT2D eigenvalue weighted by atomic mass is 9.86. The maximum Gasteiger partial charge on any atom is 0.0409 e. The predicted octanol–water partition coefficient (Wildman–Crippen LogP) is 5.66. The molecule has 0 amide bonds. The van der Waals surface area contributed by atoms with Gasteiger partial charge in [-0.3, -0.25) is 0 Å². The highest BCUT2D eigenvalue weighted by Crippen LogP contribution is 2.43. The fourth-order valence-corrected chi connectivity index (χ4v) is 3.93. The molecule has 92 valence electrons. The normalized spacial score (nSPS) is 22.4. The Labute approximate surface area is 109 Å². The molecule has 0 nitrogen and oxygen atoms in total. The first-order valence-corrected chi connectivity index (χ1v) is 7.52. The Morgan fingerprint density at radius 1 is 0.765 bits per heavy atom. The van der Waals surface area contributed by atoms with Gasteiger partial charge in [-0.05, 0) is 60.8 Å². The van der Waals surface area contributed by atoms with Crippen LogP contribution in [0.5, 0.6) is 0 Å². The van der Waals surface area contributed by atoms with Crippen LogP contribution in [0.1, 0.15) is 74.3 Å². The van der Waals surface area contributed by atoms with Crippen molar-refractivity contribution < 1.29 is 0 Å². The molecule has 17 heavy (non-hydrogen) atoms. The lowest BCUT2D eigenvalue weighted by Crippen LogP contribution is -2.02. The molecule has 0 bridgehead atoms. The van der Waals surface area contributed by atoms with E-state index in [1.54, 1.807) is 11.1 Å². The second kappa shape index (κ2) is 5.02. The van der Waals surface area contributed by atoms with Gasteiger partial charge in [-0.1, -0.05) is 43.4 Å². The van der Waals surface area contributed by atoms with Crippen LogP contribution < -0.4 is 0 Å². The van der Waals surface area contributed by atoms with E-state index in [0.29, 0.717) is 0 Å². The topological polar surface area (TPSA) is 0 Å². The van der Waals surface area contributed by atoms with Crippen LogP contribution in [-0.4, -0.2) is 0 Å². The third kappa shape index (κ3) is 2.38. The Morgan fingerprint density at radius 3 is 1.88 bits per heavy atom. The Hall–Kier alpha value is -0.490. The molecule has 2 saturated carbocycles. The first-order chi connectivity index (χ1) is 8.34. The van der Waals surface area contributed by atoms with Crippen molar-refractivity contribution in [2.45, 2.75) is 63.2 Å². The Morgan fingerprint density at radius 2 is 1.29 bits per heavy atom. The number of hydrogen-bond donors (Lipinski definition) is 0. The third-order valence-electron chi connectivity index (χ3n) is 4.64. The standard InChI is InChI=1S/C16H21Cl/c17-14-9-10-15(12-5-1-2-6-12)16(11-14)13-7-3-4-8-13/h9-13H,1-8H2. The molecule has 0 aromatic heterocycles. The van der Waals surface area contributed by atoms with E-state index >= 15 is 0 Å². The molecule has 3 rings (SSSR count). The Balaban J connectivity index is 1.94. The maximum atomic E-state index is 6.20. The summed E-state index contributed by atoms with van der Waals surface area (Å²) in [7, 11) is 0. The molecule has 0 radical (unpaired) electrons. The summed E-state index contributed by atoms with van der Waals surface area (Å²) in [5, 5.41) is 0.925. The van der Waals surface area contributed by atoms with Crippen LogP contribution in [0.2, 0.25) is 5.02 Å². The highest BCUT2D eigenvalue weighted by Gasteiger charge is 2.25. The zero-order chi connectivity index (χ0) is 11.7. The summed E-state index contributed by atoms with van der Waals surface area (Å²) in [4.78, 5) is 0. The largest absolute Gasteiger partial charge is 0.0843 e. The van der Waals surface area contributed by atoms with Crippen molar-refractivity contribution in [3.63, 3.8) is 0 Å². The van der Waals surface area contributed by atoms with Gasteiger partial charge in [0.25, 0.3) is 0 Å². The number of hydrogen-bond acceptors (Lipinski definition) is 0. The smallest absolute Gasteiger partial charge is 0.0409 e. The van der Waals surface area contributed by atoms with Gasteiger partial charge >= 0.3 is 0 Å². The molecule has 0 saturated heterocycles. The summed E-state index contributed by atoms with van der Waals surface area (Å²) >= 11 is 6.20. The minimum Gasteiger partial charge on any atom is -0.0843 e. The van der Waals surface area contributed by atoms with Crippen LogP contribution in [0.25, 0.3) is 0 Å². The highest BCUT2D eigenvalue weighted by atomic mass is 35.5. The summed E-state index contributed by atoms with van der Waals surface area (Å²) in [5.74, 6) is 1.62. The van der Waals surface area contributed by atoms with Gasteiger partial charge in [0.1, 0.15) is 0 Å². The van der Waals surface area contributed by atoms with E-state index in [1.807, 2.05) is 0 Å². The summed E-state index contributed by atoms with van der Waals surface area (Å²) in [5.41, 5.74) is 3.21. The number of rotatable bonds is 2. The first-order valence-electron chi connectivity index (χ1n) is 7.14. The molecular formula is C16H21Cl. The molecule has 1 aromatic carbocycles. The van der Waals surface area contributed by atoms with Crippen LogP contribution in [0, 0.1) is 0 Å². The molecule has 1 heteroatoms. The van der Waals surface area contributed by atoms with Gasteiger partial charge in [-0.25, -0.2) is 0 Å². The second-order valence-corrected chi connectivity index (χ2v) is 6.17. The van der Waals surface area contributed by atoms with Crippen molar-refractivity contribution in [2.75, 3.05) is 0 Å². The van der Waals surface area contributed by atoms with E-state index in [2.05, 4.69) is 18.2 Å². The monoisotopic (exact) mass is 248 g/mol. The molecule has 0 heterocycles. The second-order valence-electron chi connectivity index (χ2n) is 5.74. The summed E-state index contributed by atoms with van der Waals surface area (Å²) < 4.78 is 0. The Kier molecular flexibility index (Phi) is 3.42. The molecule has 0 N–H and O–H groups in total. The average molecular weight is 249 g/mol. The van der Waals surface area contributed by atoms with E-state index < -0.39 is 0 Å².